The predicted molar refractivity (Wildman–Crippen MR) is 288 cm³/mol. The van der Waals surface area contributed by atoms with Crippen molar-refractivity contribution in [2.75, 3.05) is 19.8 Å². The van der Waals surface area contributed by atoms with Gasteiger partial charge in [0.2, 0.25) is 0 Å². The van der Waals surface area contributed by atoms with Gasteiger partial charge >= 0.3 is 11.9 Å². The maximum absolute atomic E-state index is 12.9. The zero-order valence-corrected chi connectivity index (χ0v) is 44.0. The minimum absolute atomic E-state index is 0.0670. The van der Waals surface area contributed by atoms with Crippen LogP contribution < -0.4 is 0 Å². The molecular formula is C61H108O5. The Kier molecular flexibility index (Phi) is 54.4. The van der Waals surface area contributed by atoms with E-state index in [2.05, 4.69) is 93.7 Å². The number of unbranched alkanes of at least 4 members (excludes halogenated alkanes) is 29. The molecule has 0 aliphatic carbocycles. The summed E-state index contributed by atoms with van der Waals surface area (Å²) in [5.74, 6) is -0.430. The van der Waals surface area contributed by atoms with Crippen molar-refractivity contribution < 1.29 is 23.8 Å². The molecule has 0 aliphatic heterocycles. The van der Waals surface area contributed by atoms with Crippen LogP contribution in [0.1, 0.15) is 278 Å². The molecule has 0 N–H and O–H groups in total. The first kappa shape index (κ1) is 63.3. The Morgan fingerprint density at radius 3 is 1.12 bits per heavy atom. The molecule has 1 unspecified atom stereocenters. The lowest BCUT2D eigenvalue weighted by Crippen LogP contribution is -2.30. The van der Waals surface area contributed by atoms with E-state index in [1.54, 1.807) is 0 Å². The van der Waals surface area contributed by atoms with Crippen LogP contribution in [0.3, 0.4) is 0 Å². The Morgan fingerprint density at radius 2 is 0.682 bits per heavy atom. The van der Waals surface area contributed by atoms with Crippen molar-refractivity contribution in [3.63, 3.8) is 0 Å². The number of hydrogen-bond donors (Lipinski definition) is 0. The van der Waals surface area contributed by atoms with Gasteiger partial charge in [-0.05, 0) is 89.9 Å². The van der Waals surface area contributed by atoms with E-state index in [1.165, 1.54) is 154 Å². The number of rotatable bonds is 52. The molecular weight excluding hydrogens is 813 g/mol. The topological polar surface area (TPSA) is 61.8 Å². The normalized spacial score (nSPS) is 12.7. The van der Waals surface area contributed by atoms with Crippen LogP contribution in [0.25, 0.3) is 0 Å². The fourth-order valence-electron chi connectivity index (χ4n) is 8.00. The third kappa shape index (κ3) is 54.0. The highest BCUT2D eigenvalue weighted by Gasteiger charge is 2.17. The first-order chi connectivity index (χ1) is 32.6. The summed E-state index contributed by atoms with van der Waals surface area (Å²) in [6, 6.07) is 0. The van der Waals surface area contributed by atoms with Crippen LogP contribution in [-0.2, 0) is 23.8 Å². The summed E-state index contributed by atoms with van der Waals surface area (Å²) in [4.78, 5) is 25.5. The Labute approximate surface area is 410 Å². The average molecular weight is 922 g/mol. The molecule has 1 atom stereocenters. The van der Waals surface area contributed by atoms with Crippen LogP contribution in [-0.4, -0.2) is 37.9 Å². The second kappa shape index (κ2) is 56.7. The van der Waals surface area contributed by atoms with Crippen molar-refractivity contribution in [2.45, 2.75) is 284 Å². The maximum Gasteiger partial charge on any atom is 0.306 e. The van der Waals surface area contributed by atoms with Crippen LogP contribution in [0.4, 0.5) is 0 Å². The lowest BCUT2D eigenvalue weighted by atomic mass is 10.0. The molecule has 0 heterocycles. The van der Waals surface area contributed by atoms with Crippen molar-refractivity contribution in [2.24, 2.45) is 0 Å². The van der Waals surface area contributed by atoms with Gasteiger partial charge in [-0.25, -0.2) is 0 Å². The van der Waals surface area contributed by atoms with Gasteiger partial charge in [0, 0.05) is 19.4 Å². The lowest BCUT2D eigenvalue weighted by Gasteiger charge is -2.18. The Hall–Kier alpha value is -2.66. The Balaban J connectivity index is 4.32. The predicted octanol–water partition coefficient (Wildman–Crippen LogP) is 19.5. The molecule has 5 nitrogen and oxygen atoms in total. The van der Waals surface area contributed by atoms with Crippen molar-refractivity contribution in [1.82, 2.24) is 0 Å². The number of hydrogen-bond acceptors (Lipinski definition) is 5. The molecule has 0 saturated carbocycles. The van der Waals surface area contributed by atoms with Gasteiger partial charge in [0.25, 0.3) is 0 Å². The first-order valence-electron chi connectivity index (χ1n) is 28.5. The maximum atomic E-state index is 12.9. The molecule has 0 saturated heterocycles. The third-order valence-electron chi connectivity index (χ3n) is 12.2. The molecule has 0 radical (unpaired) electrons. The highest BCUT2D eigenvalue weighted by molar-refractivity contribution is 5.70. The number of esters is 2. The molecule has 0 aliphatic rings. The van der Waals surface area contributed by atoms with Gasteiger partial charge in [-0.1, -0.05) is 248 Å². The van der Waals surface area contributed by atoms with Crippen LogP contribution in [0.15, 0.2) is 72.9 Å². The first-order valence-corrected chi connectivity index (χ1v) is 28.5. The highest BCUT2D eigenvalue weighted by Crippen LogP contribution is 2.15. The molecule has 5 heteroatoms. The Morgan fingerprint density at radius 1 is 0.348 bits per heavy atom. The monoisotopic (exact) mass is 921 g/mol. The van der Waals surface area contributed by atoms with Crippen molar-refractivity contribution in [3.8, 4) is 0 Å². The van der Waals surface area contributed by atoms with E-state index in [0.29, 0.717) is 19.4 Å². The molecule has 0 bridgehead atoms. The van der Waals surface area contributed by atoms with Gasteiger partial charge in [0.1, 0.15) is 6.61 Å². The van der Waals surface area contributed by atoms with Crippen LogP contribution >= 0.6 is 0 Å². The molecule has 0 fully saturated rings. The lowest BCUT2D eigenvalue weighted by molar-refractivity contribution is -0.163. The summed E-state index contributed by atoms with van der Waals surface area (Å²) in [7, 11) is 0. The number of ether oxygens (including phenoxy) is 3. The van der Waals surface area contributed by atoms with Crippen LogP contribution in [0.5, 0.6) is 0 Å². The van der Waals surface area contributed by atoms with E-state index in [4.69, 9.17) is 14.2 Å². The Bertz CT molecular complexity index is 1180. The third-order valence-corrected chi connectivity index (χ3v) is 12.2. The summed E-state index contributed by atoms with van der Waals surface area (Å²) >= 11 is 0. The molecule has 382 valence electrons. The smallest absolute Gasteiger partial charge is 0.306 e. The van der Waals surface area contributed by atoms with Gasteiger partial charge in [0.05, 0.1) is 6.61 Å². The molecule has 0 amide bonds. The number of allylic oxidation sites excluding steroid dienone is 12. The van der Waals surface area contributed by atoms with E-state index < -0.39 is 6.10 Å². The average Bonchev–Trinajstić information content (AvgIpc) is 3.32. The zero-order chi connectivity index (χ0) is 47.7. The van der Waals surface area contributed by atoms with Gasteiger partial charge < -0.3 is 14.2 Å². The van der Waals surface area contributed by atoms with E-state index in [1.807, 2.05) is 0 Å². The SMILES string of the molecule is CC/C=C\C/C=C\C/C=C\C/C=C\C/C=C\CCCCCC(=O)OCC(COCCCCCCCCCCCCCCCC)OC(=O)CCCCCCCCC/C=C\CCCCCCCC. The molecule has 0 aromatic heterocycles. The fraction of sp³-hybridized carbons (Fsp3) is 0.770. The summed E-state index contributed by atoms with van der Waals surface area (Å²) < 4.78 is 17.4. The van der Waals surface area contributed by atoms with E-state index in [9.17, 15) is 9.59 Å². The molecule has 0 aromatic rings. The second-order valence-corrected chi connectivity index (χ2v) is 18.8. The van der Waals surface area contributed by atoms with E-state index >= 15 is 0 Å². The molecule has 0 rings (SSSR count). The van der Waals surface area contributed by atoms with Gasteiger partial charge in [-0.3, -0.25) is 9.59 Å². The van der Waals surface area contributed by atoms with Crippen molar-refractivity contribution in [3.05, 3.63) is 72.9 Å². The van der Waals surface area contributed by atoms with Gasteiger partial charge in [-0.15, -0.1) is 0 Å². The summed E-state index contributed by atoms with van der Waals surface area (Å²) in [5.41, 5.74) is 0. The number of carbonyl (C=O) groups is 2. The minimum atomic E-state index is -0.553. The second-order valence-electron chi connectivity index (χ2n) is 18.8. The van der Waals surface area contributed by atoms with Crippen molar-refractivity contribution >= 4 is 11.9 Å². The van der Waals surface area contributed by atoms with E-state index in [0.717, 1.165) is 89.9 Å². The summed E-state index contributed by atoms with van der Waals surface area (Å²) in [6.07, 6.45) is 73.4. The van der Waals surface area contributed by atoms with Crippen LogP contribution in [0.2, 0.25) is 0 Å². The van der Waals surface area contributed by atoms with Gasteiger partial charge in [-0.2, -0.15) is 0 Å². The zero-order valence-electron chi connectivity index (χ0n) is 44.0. The van der Waals surface area contributed by atoms with E-state index in [-0.39, 0.29) is 25.2 Å². The minimum Gasteiger partial charge on any atom is -0.462 e. The highest BCUT2D eigenvalue weighted by atomic mass is 16.6. The van der Waals surface area contributed by atoms with Gasteiger partial charge in [0.15, 0.2) is 6.10 Å². The standard InChI is InChI=1S/C61H108O5/c1-4-7-10-13-16-19-22-25-28-30-31-33-34-36-39-42-45-48-51-54-60(62)65-58-59(57-64-56-53-50-47-44-41-38-27-24-21-18-15-12-9-6-3)66-61(63)55-52-49-46-43-40-37-35-32-29-26-23-20-17-14-11-8-5-2/h7,10,16,19,25-26,28-29,31,33,36,39,59H,4-6,8-9,11-15,17-18,20-24,27,30,32,34-35,37-38,40-58H2,1-3H3/b10-7-,19-16-,28-25-,29-26-,33-31-,39-36-. The fourth-order valence-corrected chi connectivity index (χ4v) is 8.00. The molecule has 66 heavy (non-hydrogen) atoms. The molecule has 0 aromatic carbocycles. The summed E-state index contributed by atoms with van der Waals surface area (Å²) in [5, 5.41) is 0. The van der Waals surface area contributed by atoms with Crippen LogP contribution in [0, 0.1) is 0 Å². The number of carbonyl (C=O) groups excluding carboxylic acids is 2. The quantitative estimate of drug-likeness (QED) is 0.0346. The molecule has 0 spiro atoms. The summed E-state index contributed by atoms with van der Waals surface area (Å²) in [6.45, 7) is 7.71. The van der Waals surface area contributed by atoms with Crippen molar-refractivity contribution in [1.29, 1.82) is 0 Å². The largest absolute Gasteiger partial charge is 0.462 e.